The number of amides is 2. The van der Waals surface area contributed by atoms with Crippen LogP contribution in [0.4, 0.5) is 0 Å². The number of aryl methyl sites for hydroxylation is 1. The van der Waals surface area contributed by atoms with Crippen molar-refractivity contribution in [1.82, 2.24) is 20.0 Å². The summed E-state index contributed by atoms with van der Waals surface area (Å²) >= 11 is 0. The fourth-order valence-electron chi connectivity index (χ4n) is 2.84. The van der Waals surface area contributed by atoms with Crippen LogP contribution in [0, 0.1) is 0 Å². The van der Waals surface area contributed by atoms with Crippen LogP contribution in [-0.4, -0.2) is 58.5 Å². The van der Waals surface area contributed by atoms with Gasteiger partial charge in [-0.15, -0.1) is 0 Å². The fraction of sp³-hybridized carbons (Fsp3) is 0.615. The summed E-state index contributed by atoms with van der Waals surface area (Å²) in [5.41, 5.74) is 2.82. The van der Waals surface area contributed by atoms with Gasteiger partial charge in [-0.1, -0.05) is 0 Å². The smallest absolute Gasteiger partial charge is 0.274 e. The van der Waals surface area contributed by atoms with Gasteiger partial charge in [-0.2, -0.15) is 5.10 Å². The lowest BCUT2D eigenvalue weighted by atomic mass is 9.95. The van der Waals surface area contributed by atoms with Crippen LogP contribution in [0.3, 0.4) is 0 Å². The molecule has 19 heavy (non-hydrogen) atoms. The second-order valence-electron chi connectivity index (χ2n) is 5.17. The van der Waals surface area contributed by atoms with Crippen LogP contribution in [0.2, 0.25) is 0 Å². The molecule has 0 spiro atoms. The number of nitrogens with one attached hydrogen (secondary N) is 1. The Morgan fingerprint density at radius 2 is 1.89 bits per heavy atom. The third kappa shape index (κ3) is 2.22. The lowest BCUT2D eigenvalue weighted by Crippen LogP contribution is -2.48. The summed E-state index contributed by atoms with van der Waals surface area (Å²) in [6.07, 6.45) is 5.08. The van der Waals surface area contributed by atoms with Gasteiger partial charge in [0.15, 0.2) is 5.69 Å². The molecule has 1 aliphatic carbocycles. The molecule has 1 fully saturated rings. The zero-order valence-electron chi connectivity index (χ0n) is 10.9. The zero-order chi connectivity index (χ0) is 13.2. The first kappa shape index (κ1) is 12.2. The van der Waals surface area contributed by atoms with Gasteiger partial charge in [0, 0.05) is 37.4 Å². The normalized spacial score (nSPS) is 19.2. The van der Waals surface area contributed by atoms with Crippen molar-refractivity contribution in [3.63, 3.8) is 0 Å². The highest BCUT2D eigenvalue weighted by atomic mass is 16.2. The van der Waals surface area contributed by atoms with Crippen molar-refractivity contribution in [3.05, 3.63) is 17.0 Å². The molecule has 2 amide bonds. The van der Waals surface area contributed by atoms with E-state index in [1.54, 1.807) is 9.80 Å². The molecule has 1 N–H and O–H groups in total. The molecule has 6 nitrogen and oxygen atoms in total. The number of carbonyl (C=O) groups is 2. The Morgan fingerprint density at radius 3 is 2.63 bits per heavy atom. The number of piperazine rings is 1. The standard InChI is InChI=1S/C13H18N4O2/c18-9-16-5-7-17(8-6-16)13(19)12-10-3-1-2-4-11(10)14-15-12/h9H,1-8H2,(H,14,15). The summed E-state index contributed by atoms with van der Waals surface area (Å²) in [6, 6.07) is 0. The molecule has 3 rings (SSSR count). The number of hydrogen-bond acceptors (Lipinski definition) is 3. The maximum atomic E-state index is 12.5. The van der Waals surface area contributed by atoms with Gasteiger partial charge in [-0.3, -0.25) is 14.7 Å². The van der Waals surface area contributed by atoms with Crippen LogP contribution < -0.4 is 0 Å². The molecule has 0 aromatic carbocycles. The van der Waals surface area contributed by atoms with Gasteiger partial charge >= 0.3 is 0 Å². The Kier molecular flexibility index (Phi) is 3.23. The van der Waals surface area contributed by atoms with Gasteiger partial charge in [-0.25, -0.2) is 0 Å². The van der Waals surface area contributed by atoms with Gasteiger partial charge in [-0.05, 0) is 25.7 Å². The van der Waals surface area contributed by atoms with E-state index in [4.69, 9.17) is 0 Å². The highest BCUT2D eigenvalue weighted by molar-refractivity contribution is 5.94. The lowest BCUT2D eigenvalue weighted by molar-refractivity contribution is -0.119. The Labute approximate surface area is 111 Å². The first-order valence-electron chi connectivity index (χ1n) is 6.84. The Hall–Kier alpha value is -1.85. The number of rotatable bonds is 2. The van der Waals surface area contributed by atoms with Crippen molar-refractivity contribution < 1.29 is 9.59 Å². The zero-order valence-corrected chi connectivity index (χ0v) is 10.9. The molecule has 1 aromatic rings. The lowest BCUT2D eigenvalue weighted by Gasteiger charge is -2.32. The van der Waals surface area contributed by atoms with Crippen LogP contribution in [0.15, 0.2) is 0 Å². The van der Waals surface area contributed by atoms with Gasteiger partial charge in [0.1, 0.15) is 0 Å². The summed E-state index contributed by atoms with van der Waals surface area (Å²) in [5, 5.41) is 7.21. The average Bonchev–Trinajstić information content (AvgIpc) is 2.90. The maximum absolute atomic E-state index is 12.5. The molecule has 0 unspecified atom stereocenters. The SMILES string of the molecule is O=CN1CCN(C(=O)c2n[nH]c3c2CCCC3)CC1. The first-order chi connectivity index (χ1) is 9.29. The molecule has 1 aliphatic heterocycles. The van der Waals surface area contributed by atoms with Crippen LogP contribution >= 0.6 is 0 Å². The van der Waals surface area contributed by atoms with Crippen LogP contribution in [-0.2, 0) is 17.6 Å². The minimum atomic E-state index is 0.00458. The number of nitrogens with zero attached hydrogens (tertiary/aromatic N) is 3. The van der Waals surface area contributed by atoms with E-state index in [-0.39, 0.29) is 5.91 Å². The van der Waals surface area contributed by atoms with Crippen LogP contribution in [0.25, 0.3) is 0 Å². The van der Waals surface area contributed by atoms with E-state index in [2.05, 4.69) is 10.2 Å². The molecule has 102 valence electrons. The summed E-state index contributed by atoms with van der Waals surface area (Å²) in [5.74, 6) is 0.00458. The average molecular weight is 262 g/mol. The quantitative estimate of drug-likeness (QED) is 0.774. The summed E-state index contributed by atoms with van der Waals surface area (Å²) in [4.78, 5) is 26.6. The summed E-state index contributed by atoms with van der Waals surface area (Å²) in [6.45, 7) is 2.42. The Bertz CT molecular complexity index is 489. The molecular weight excluding hydrogens is 244 g/mol. The van der Waals surface area contributed by atoms with Gasteiger partial charge in [0.2, 0.25) is 6.41 Å². The highest BCUT2D eigenvalue weighted by Crippen LogP contribution is 2.23. The maximum Gasteiger partial charge on any atom is 0.274 e. The molecule has 0 radical (unpaired) electrons. The van der Waals surface area contributed by atoms with E-state index >= 15 is 0 Å². The molecule has 2 heterocycles. The number of aromatic nitrogens is 2. The molecule has 1 aromatic heterocycles. The minimum absolute atomic E-state index is 0.00458. The van der Waals surface area contributed by atoms with E-state index in [0.717, 1.165) is 36.9 Å². The van der Waals surface area contributed by atoms with E-state index in [0.29, 0.717) is 31.9 Å². The molecule has 0 saturated carbocycles. The van der Waals surface area contributed by atoms with Gasteiger partial charge in [0.05, 0.1) is 0 Å². The van der Waals surface area contributed by atoms with Crippen molar-refractivity contribution in [2.75, 3.05) is 26.2 Å². The van der Waals surface area contributed by atoms with Crippen molar-refractivity contribution in [3.8, 4) is 0 Å². The van der Waals surface area contributed by atoms with Gasteiger partial charge in [0.25, 0.3) is 5.91 Å². The molecule has 2 aliphatic rings. The molecule has 0 atom stereocenters. The number of fused-ring (bicyclic) bond motifs is 1. The van der Waals surface area contributed by atoms with Gasteiger partial charge < -0.3 is 9.80 Å². The monoisotopic (exact) mass is 262 g/mol. The third-order valence-corrected chi connectivity index (χ3v) is 4.01. The Morgan fingerprint density at radius 1 is 1.16 bits per heavy atom. The number of H-pyrrole nitrogens is 1. The molecule has 1 saturated heterocycles. The van der Waals surface area contributed by atoms with E-state index in [9.17, 15) is 9.59 Å². The minimum Gasteiger partial charge on any atom is -0.342 e. The third-order valence-electron chi connectivity index (χ3n) is 4.01. The van der Waals surface area contributed by atoms with Crippen molar-refractivity contribution in [1.29, 1.82) is 0 Å². The van der Waals surface area contributed by atoms with Crippen molar-refractivity contribution in [2.45, 2.75) is 25.7 Å². The number of aromatic amines is 1. The van der Waals surface area contributed by atoms with Crippen LogP contribution in [0.1, 0.15) is 34.6 Å². The fourth-order valence-corrected chi connectivity index (χ4v) is 2.84. The number of hydrogen-bond donors (Lipinski definition) is 1. The topological polar surface area (TPSA) is 69.3 Å². The van der Waals surface area contributed by atoms with E-state index < -0.39 is 0 Å². The first-order valence-corrected chi connectivity index (χ1v) is 6.84. The number of carbonyl (C=O) groups excluding carboxylic acids is 2. The van der Waals surface area contributed by atoms with E-state index in [1.807, 2.05) is 0 Å². The predicted molar refractivity (Wildman–Crippen MR) is 68.8 cm³/mol. The highest BCUT2D eigenvalue weighted by Gasteiger charge is 2.27. The summed E-state index contributed by atoms with van der Waals surface area (Å²) in [7, 11) is 0. The second kappa shape index (κ2) is 5.03. The largest absolute Gasteiger partial charge is 0.342 e. The van der Waals surface area contributed by atoms with Crippen LogP contribution in [0.5, 0.6) is 0 Å². The molecule has 0 bridgehead atoms. The summed E-state index contributed by atoms with van der Waals surface area (Å²) < 4.78 is 0. The van der Waals surface area contributed by atoms with Crippen molar-refractivity contribution in [2.24, 2.45) is 0 Å². The second-order valence-corrected chi connectivity index (χ2v) is 5.17. The van der Waals surface area contributed by atoms with E-state index in [1.165, 1.54) is 6.42 Å². The molecule has 6 heteroatoms. The predicted octanol–water partition coefficient (Wildman–Crippen LogP) is 0.203. The Balaban J connectivity index is 1.74. The molecular formula is C13H18N4O2. The van der Waals surface area contributed by atoms with Crippen molar-refractivity contribution >= 4 is 12.3 Å².